The maximum Gasteiger partial charge on any atom is 0.407 e. The Hall–Kier alpha value is -3.35. The second kappa shape index (κ2) is 10.3. The maximum absolute atomic E-state index is 12.2. The predicted molar refractivity (Wildman–Crippen MR) is 121 cm³/mol. The molecule has 0 bridgehead atoms. The van der Waals surface area contributed by atoms with Gasteiger partial charge in [0.15, 0.2) is 0 Å². The molecule has 0 saturated carbocycles. The third-order valence-electron chi connectivity index (χ3n) is 6.10. The van der Waals surface area contributed by atoms with Gasteiger partial charge >= 0.3 is 12.1 Å². The molecule has 1 aliphatic rings. The molecular formula is C25H30N2O5. The summed E-state index contributed by atoms with van der Waals surface area (Å²) < 4.78 is 5.51. The van der Waals surface area contributed by atoms with Crippen LogP contribution in [0, 0.1) is 5.92 Å². The molecule has 0 saturated heterocycles. The van der Waals surface area contributed by atoms with Gasteiger partial charge in [0.2, 0.25) is 5.91 Å². The molecule has 2 amide bonds. The van der Waals surface area contributed by atoms with Crippen LogP contribution in [0.25, 0.3) is 11.1 Å². The van der Waals surface area contributed by atoms with Gasteiger partial charge in [0.1, 0.15) is 12.6 Å². The largest absolute Gasteiger partial charge is 0.480 e. The average Bonchev–Trinajstić information content (AvgIpc) is 3.10. The van der Waals surface area contributed by atoms with Gasteiger partial charge in [-0.1, -0.05) is 55.5 Å². The molecule has 2 atom stereocenters. The monoisotopic (exact) mass is 438 g/mol. The van der Waals surface area contributed by atoms with Crippen LogP contribution in [0.2, 0.25) is 0 Å². The first-order valence-electron chi connectivity index (χ1n) is 10.9. The smallest absolute Gasteiger partial charge is 0.407 e. The summed E-state index contributed by atoms with van der Waals surface area (Å²) >= 11 is 0. The Morgan fingerprint density at radius 3 is 2.16 bits per heavy atom. The Balaban J connectivity index is 1.44. The minimum absolute atomic E-state index is 0.000157. The lowest BCUT2D eigenvalue weighted by atomic mass is 9.98. The first-order chi connectivity index (χ1) is 15.3. The van der Waals surface area contributed by atoms with Gasteiger partial charge in [-0.25, -0.2) is 9.59 Å². The molecule has 1 aliphatic carbocycles. The SMILES string of the molecule is CC(CCNC(=O)OCC1c2ccccc2-c2ccccc21)CC(=O)N(C)[C@@H](C)C(=O)O. The van der Waals surface area contributed by atoms with Gasteiger partial charge < -0.3 is 20.1 Å². The Kier molecular flexibility index (Phi) is 7.51. The van der Waals surface area contributed by atoms with Crippen molar-refractivity contribution in [3.63, 3.8) is 0 Å². The molecular weight excluding hydrogens is 408 g/mol. The van der Waals surface area contributed by atoms with Gasteiger partial charge in [0.05, 0.1) is 0 Å². The van der Waals surface area contributed by atoms with Crippen molar-refractivity contribution < 1.29 is 24.2 Å². The van der Waals surface area contributed by atoms with Crippen LogP contribution in [0.5, 0.6) is 0 Å². The first kappa shape index (κ1) is 23.3. The molecule has 0 aliphatic heterocycles. The molecule has 7 heteroatoms. The van der Waals surface area contributed by atoms with Crippen LogP contribution in [0.15, 0.2) is 48.5 Å². The number of ether oxygens (including phenoxy) is 1. The minimum Gasteiger partial charge on any atom is -0.480 e. The number of hydrogen-bond acceptors (Lipinski definition) is 4. The molecule has 170 valence electrons. The second-order valence-electron chi connectivity index (χ2n) is 8.37. The number of likely N-dealkylation sites (N-methyl/N-ethyl adjacent to an activating group) is 1. The zero-order chi connectivity index (χ0) is 23.3. The van der Waals surface area contributed by atoms with E-state index in [1.807, 2.05) is 31.2 Å². The Labute approximate surface area is 188 Å². The molecule has 1 unspecified atom stereocenters. The summed E-state index contributed by atoms with van der Waals surface area (Å²) in [7, 11) is 1.49. The van der Waals surface area contributed by atoms with Crippen LogP contribution >= 0.6 is 0 Å². The molecule has 0 aromatic heterocycles. The lowest BCUT2D eigenvalue weighted by Gasteiger charge is -2.23. The highest BCUT2D eigenvalue weighted by Gasteiger charge is 2.29. The molecule has 32 heavy (non-hydrogen) atoms. The molecule has 0 radical (unpaired) electrons. The fraction of sp³-hybridized carbons (Fsp3) is 0.400. The minimum atomic E-state index is -1.04. The summed E-state index contributed by atoms with van der Waals surface area (Å²) in [4.78, 5) is 36.7. The van der Waals surface area contributed by atoms with Crippen molar-refractivity contribution in [3.05, 3.63) is 59.7 Å². The highest BCUT2D eigenvalue weighted by molar-refractivity contribution is 5.83. The lowest BCUT2D eigenvalue weighted by Crippen LogP contribution is -2.40. The van der Waals surface area contributed by atoms with Crippen LogP contribution in [0.1, 0.15) is 43.7 Å². The van der Waals surface area contributed by atoms with Crippen molar-refractivity contribution in [3.8, 4) is 11.1 Å². The summed E-state index contributed by atoms with van der Waals surface area (Å²) in [5.74, 6) is -1.25. The van der Waals surface area contributed by atoms with Gasteiger partial charge in [0, 0.05) is 25.9 Å². The Bertz CT molecular complexity index is 944. The number of carbonyl (C=O) groups excluding carboxylic acids is 2. The van der Waals surface area contributed by atoms with Crippen molar-refractivity contribution in [1.82, 2.24) is 10.2 Å². The van der Waals surface area contributed by atoms with E-state index in [9.17, 15) is 14.4 Å². The van der Waals surface area contributed by atoms with E-state index in [0.717, 1.165) is 11.1 Å². The van der Waals surface area contributed by atoms with E-state index in [0.29, 0.717) is 13.0 Å². The van der Waals surface area contributed by atoms with E-state index in [4.69, 9.17) is 9.84 Å². The van der Waals surface area contributed by atoms with Gasteiger partial charge in [0.25, 0.3) is 0 Å². The number of benzene rings is 2. The number of amides is 2. The van der Waals surface area contributed by atoms with Gasteiger partial charge in [-0.3, -0.25) is 4.79 Å². The number of fused-ring (bicyclic) bond motifs is 3. The van der Waals surface area contributed by atoms with E-state index in [2.05, 4.69) is 29.6 Å². The van der Waals surface area contributed by atoms with Crippen LogP contribution in [0.4, 0.5) is 4.79 Å². The van der Waals surface area contributed by atoms with Crippen molar-refractivity contribution in [2.45, 2.75) is 38.6 Å². The quantitative estimate of drug-likeness (QED) is 0.620. The van der Waals surface area contributed by atoms with Crippen LogP contribution in [-0.4, -0.2) is 54.2 Å². The van der Waals surface area contributed by atoms with Crippen molar-refractivity contribution in [2.75, 3.05) is 20.2 Å². The number of carbonyl (C=O) groups is 3. The van der Waals surface area contributed by atoms with E-state index in [1.165, 1.54) is 30.0 Å². The topological polar surface area (TPSA) is 95.9 Å². The van der Waals surface area contributed by atoms with E-state index in [1.54, 1.807) is 0 Å². The average molecular weight is 439 g/mol. The van der Waals surface area contributed by atoms with Gasteiger partial charge in [-0.05, 0) is 41.5 Å². The highest BCUT2D eigenvalue weighted by Crippen LogP contribution is 2.44. The third kappa shape index (κ3) is 5.28. The molecule has 2 N–H and O–H groups in total. The molecule has 0 spiro atoms. The van der Waals surface area contributed by atoms with E-state index < -0.39 is 18.1 Å². The van der Waals surface area contributed by atoms with Crippen molar-refractivity contribution in [1.29, 1.82) is 0 Å². The zero-order valence-electron chi connectivity index (χ0n) is 18.7. The second-order valence-corrected chi connectivity index (χ2v) is 8.37. The molecule has 7 nitrogen and oxygen atoms in total. The summed E-state index contributed by atoms with van der Waals surface area (Å²) in [6, 6.07) is 15.5. The molecule has 2 aromatic carbocycles. The molecule has 0 fully saturated rings. The van der Waals surface area contributed by atoms with Crippen molar-refractivity contribution in [2.24, 2.45) is 5.92 Å². The summed E-state index contributed by atoms with van der Waals surface area (Å²) in [6.07, 6.45) is 0.327. The lowest BCUT2D eigenvalue weighted by molar-refractivity contribution is -0.148. The number of rotatable bonds is 9. The zero-order valence-corrected chi connectivity index (χ0v) is 18.7. The molecule has 3 rings (SSSR count). The number of hydrogen-bond donors (Lipinski definition) is 2. The van der Waals surface area contributed by atoms with Gasteiger partial charge in [-0.2, -0.15) is 0 Å². The van der Waals surface area contributed by atoms with E-state index in [-0.39, 0.29) is 30.8 Å². The van der Waals surface area contributed by atoms with Crippen LogP contribution < -0.4 is 5.32 Å². The number of carboxylic acid groups (broad SMARTS) is 1. The van der Waals surface area contributed by atoms with Crippen molar-refractivity contribution >= 4 is 18.0 Å². The van der Waals surface area contributed by atoms with Crippen LogP contribution in [0.3, 0.4) is 0 Å². The Morgan fingerprint density at radius 2 is 1.59 bits per heavy atom. The highest BCUT2D eigenvalue weighted by atomic mass is 16.5. The normalized spacial score (nSPS) is 14.1. The number of alkyl carbamates (subject to hydrolysis) is 1. The predicted octanol–water partition coefficient (Wildman–Crippen LogP) is 3.87. The summed E-state index contributed by atoms with van der Waals surface area (Å²) in [5.41, 5.74) is 4.68. The van der Waals surface area contributed by atoms with Gasteiger partial charge in [-0.15, -0.1) is 0 Å². The third-order valence-corrected chi connectivity index (χ3v) is 6.10. The Morgan fingerprint density at radius 1 is 1.03 bits per heavy atom. The summed E-state index contributed by atoms with van der Waals surface area (Å²) in [6.45, 7) is 4.01. The fourth-order valence-corrected chi connectivity index (χ4v) is 4.00. The maximum atomic E-state index is 12.2. The summed E-state index contributed by atoms with van der Waals surface area (Å²) in [5, 5.41) is 11.8. The van der Waals surface area contributed by atoms with E-state index >= 15 is 0 Å². The number of nitrogens with one attached hydrogen (secondary N) is 1. The standard InChI is InChI=1S/C25H30N2O5/c1-16(14-23(28)27(3)17(2)24(29)30)12-13-26-25(31)32-15-22-20-10-6-4-8-18(20)19-9-5-7-11-21(19)22/h4-11,16-17,22H,12-15H2,1-3H3,(H,26,31)(H,29,30)/t16?,17-/m0/s1. The molecule has 2 aromatic rings. The fourth-order valence-electron chi connectivity index (χ4n) is 4.00. The number of nitrogens with zero attached hydrogens (tertiary/aromatic N) is 1. The first-order valence-corrected chi connectivity index (χ1v) is 10.9. The molecule has 0 heterocycles. The number of aliphatic carboxylic acids is 1. The number of carboxylic acids is 1. The van der Waals surface area contributed by atoms with Crippen LogP contribution in [-0.2, 0) is 14.3 Å².